The molecule has 0 bridgehead atoms. The molecular weight excluding hydrogens is 240 g/mol. The molecule has 0 radical (unpaired) electrons. The van der Waals surface area contributed by atoms with Crippen molar-refractivity contribution in [1.82, 2.24) is 20.5 Å². The van der Waals surface area contributed by atoms with Crippen LogP contribution in [-0.2, 0) is 0 Å². The first kappa shape index (κ1) is 14.0. The van der Waals surface area contributed by atoms with Crippen molar-refractivity contribution < 1.29 is 4.79 Å². The molecule has 106 valence electrons. The second-order valence-corrected chi connectivity index (χ2v) is 5.80. The third-order valence-electron chi connectivity index (χ3n) is 4.01. The van der Waals surface area contributed by atoms with E-state index in [9.17, 15) is 4.79 Å². The molecule has 0 unspecified atom stereocenters. The zero-order chi connectivity index (χ0) is 13.8. The van der Waals surface area contributed by atoms with E-state index in [2.05, 4.69) is 27.4 Å². The number of amides is 1. The minimum atomic E-state index is -0.150. The van der Waals surface area contributed by atoms with Crippen LogP contribution in [-0.4, -0.2) is 27.1 Å². The molecule has 0 atom stereocenters. The normalized spacial score (nSPS) is 23.6. The van der Waals surface area contributed by atoms with Gasteiger partial charge in [-0.05, 0) is 31.6 Å². The first-order valence-electron chi connectivity index (χ1n) is 7.33. The van der Waals surface area contributed by atoms with E-state index < -0.39 is 0 Å². The summed E-state index contributed by atoms with van der Waals surface area (Å²) in [5.41, 5.74) is 0. The van der Waals surface area contributed by atoms with Gasteiger partial charge in [0.2, 0.25) is 5.82 Å². The summed E-state index contributed by atoms with van der Waals surface area (Å²) in [6, 6.07) is 0.288. The minimum Gasteiger partial charge on any atom is -0.347 e. The van der Waals surface area contributed by atoms with Crippen LogP contribution in [0.15, 0.2) is 0 Å². The lowest BCUT2D eigenvalue weighted by Gasteiger charge is -2.28. The lowest BCUT2D eigenvalue weighted by molar-refractivity contribution is 0.0911. The highest BCUT2D eigenvalue weighted by atomic mass is 16.2. The van der Waals surface area contributed by atoms with E-state index in [0.29, 0.717) is 0 Å². The number of rotatable bonds is 4. The zero-order valence-corrected chi connectivity index (χ0v) is 12.1. The highest BCUT2D eigenvalue weighted by molar-refractivity contribution is 5.90. The molecular formula is C14H24N4O. The van der Waals surface area contributed by atoms with Gasteiger partial charge in [0.1, 0.15) is 5.82 Å². The maximum Gasteiger partial charge on any atom is 0.291 e. The van der Waals surface area contributed by atoms with Gasteiger partial charge in [-0.1, -0.05) is 27.2 Å². The Hall–Kier alpha value is -1.39. The number of carbonyl (C=O) groups excluding carboxylic acids is 1. The van der Waals surface area contributed by atoms with Crippen molar-refractivity contribution in [1.29, 1.82) is 0 Å². The van der Waals surface area contributed by atoms with Crippen LogP contribution in [0.25, 0.3) is 0 Å². The SMILES string of the molecule is CCC1CCC(NC(=O)c2n[nH]c(C(C)C)n2)CC1. The Bertz CT molecular complexity index is 419. The van der Waals surface area contributed by atoms with Gasteiger partial charge in [0, 0.05) is 12.0 Å². The molecule has 19 heavy (non-hydrogen) atoms. The van der Waals surface area contributed by atoms with Gasteiger partial charge in [-0.3, -0.25) is 9.89 Å². The largest absolute Gasteiger partial charge is 0.347 e. The van der Waals surface area contributed by atoms with Gasteiger partial charge in [0.25, 0.3) is 5.91 Å². The van der Waals surface area contributed by atoms with Gasteiger partial charge in [-0.25, -0.2) is 4.98 Å². The number of hydrogen-bond acceptors (Lipinski definition) is 3. The molecule has 2 N–H and O–H groups in total. The second kappa shape index (κ2) is 6.17. The van der Waals surface area contributed by atoms with Crippen molar-refractivity contribution in [2.75, 3.05) is 0 Å². The van der Waals surface area contributed by atoms with E-state index in [1.165, 1.54) is 19.3 Å². The molecule has 5 nitrogen and oxygen atoms in total. The maximum atomic E-state index is 12.0. The predicted molar refractivity (Wildman–Crippen MR) is 74.0 cm³/mol. The van der Waals surface area contributed by atoms with Gasteiger partial charge in [0.05, 0.1) is 0 Å². The van der Waals surface area contributed by atoms with E-state index in [-0.39, 0.29) is 23.7 Å². The average molecular weight is 264 g/mol. The number of H-pyrrole nitrogens is 1. The fraction of sp³-hybridized carbons (Fsp3) is 0.786. The summed E-state index contributed by atoms with van der Waals surface area (Å²) in [6.45, 7) is 6.28. The standard InChI is InChI=1S/C14H24N4O/c1-4-10-5-7-11(8-6-10)15-14(19)13-16-12(9(2)3)17-18-13/h9-11H,4-8H2,1-3H3,(H,15,19)(H,16,17,18). The van der Waals surface area contributed by atoms with E-state index >= 15 is 0 Å². The molecule has 1 aliphatic carbocycles. The van der Waals surface area contributed by atoms with Crippen molar-refractivity contribution in [3.8, 4) is 0 Å². The Morgan fingerprint density at radius 1 is 1.37 bits per heavy atom. The van der Waals surface area contributed by atoms with Gasteiger partial charge in [-0.2, -0.15) is 0 Å². The zero-order valence-electron chi connectivity index (χ0n) is 12.1. The van der Waals surface area contributed by atoms with E-state index in [1.54, 1.807) is 0 Å². The molecule has 2 rings (SSSR count). The van der Waals surface area contributed by atoms with Gasteiger partial charge in [0.15, 0.2) is 0 Å². The fourth-order valence-corrected chi connectivity index (χ4v) is 2.60. The molecule has 0 aliphatic heterocycles. The molecule has 0 spiro atoms. The number of aromatic nitrogens is 3. The fourth-order valence-electron chi connectivity index (χ4n) is 2.60. The smallest absolute Gasteiger partial charge is 0.291 e. The number of nitrogens with zero attached hydrogens (tertiary/aromatic N) is 2. The highest BCUT2D eigenvalue weighted by Crippen LogP contribution is 2.26. The van der Waals surface area contributed by atoms with Crippen molar-refractivity contribution in [3.63, 3.8) is 0 Å². The maximum absolute atomic E-state index is 12.0. The third-order valence-corrected chi connectivity index (χ3v) is 4.01. The Morgan fingerprint density at radius 3 is 2.58 bits per heavy atom. The van der Waals surface area contributed by atoms with Crippen LogP contribution < -0.4 is 5.32 Å². The van der Waals surface area contributed by atoms with E-state index in [4.69, 9.17) is 0 Å². The highest BCUT2D eigenvalue weighted by Gasteiger charge is 2.23. The van der Waals surface area contributed by atoms with Crippen molar-refractivity contribution in [2.45, 2.75) is 64.8 Å². The van der Waals surface area contributed by atoms with Crippen molar-refractivity contribution in [3.05, 3.63) is 11.6 Å². The summed E-state index contributed by atoms with van der Waals surface area (Å²) in [5.74, 6) is 1.97. The lowest BCUT2D eigenvalue weighted by Crippen LogP contribution is -2.38. The van der Waals surface area contributed by atoms with Gasteiger partial charge in [-0.15, -0.1) is 5.10 Å². The van der Waals surface area contributed by atoms with Crippen LogP contribution in [0, 0.1) is 5.92 Å². The molecule has 0 saturated heterocycles. The molecule has 1 aliphatic rings. The Labute approximate surface area is 114 Å². The van der Waals surface area contributed by atoms with E-state index in [0.717, 1.165) is 24.6 Å². The molecule has 1 fully saturated rings. The van der Waals surface area contributed by atoms with Crippen LogP contribution in [0.5, 0.6) is 0 Å². The molecule has 1 amide bonds. The summed E-state index contributed by atoms with van der Waals surface area (Å²) in [4.78, 5) is 16.3. The summed E-state index contributed by atoms with van der Waals surface area (Å²) >= 11 is 0. The van der Waals surface area contributed by atoms with Gasteiger partial charge < -0.3 is 5.32 Å². The van der Waals surface area contributed by atoms with Crippen LogP contribution in [0.2, 0.25) is 0 Å². The van der Waals surface area contributed by atoms with Crippen LogP contribution >= 0.6 is 0 Å². The van der Waals surface area contributed by atoms with Gasteiger partial charge >= 0.3 is 0 Å². The van der Waals surface area contributed by atoms with Crippen LogP contribution in [0.4, 0.5) is 0 Å². The number of hydrogen-bond donors (Lipinski definition) is 2. The van der Waals surface area contributed by atoms with Crippen molar-refractivity contribution in [2.24, 2.45) is 5.92 Å². The van der Waals surface area contributed by atoms with E-state index in [1.807, 2.05) is 13.8 Å². The Balaban J connectivity index is 1.87. The minimum absolute atomic E-state index is 0.150. The topological polar surface area (TPSA) is 70.7 Å². The average Bonchev–Trinajstić information content (AvgIpc) is 2.89. The summed E-state index contributed by atoms with van der Waals surface area (Å²) < 4.78 is 0. The number of nitrogens with one attached hydrogen (secondary N) is 2. The summed E-state index contributed by atoms with van der Waals surface area (Å²) in [7, 11) is 0. The lowest BCUT2D eigenvalue weighted by atomic mass is 9.84. The molecule has 1 heterocycles. The monoisotopic (exact) mass is 264 g/mol. The molecule has 1 aromatic heterocycles. The second-order valence-electron chi connectivity index (χ2n) is 5.80. The quantitative estimate of drug-likeness (QED) is 0.878. The first-order valence-corrected chi connectivity index (χ1v) is 7.33. The predicted octanol–water partition coefficient (Wildman–Crippen LogP) is 2.63. The third kappa shape index (κ3) is 3.55. The molecule has 1 saturated carbocycles. The molecule has 1 aromatic rings. The molecule has 0 aromatic carbocycles. The summed E-state index contributed by atoms with van der Waals surface area (Å²) in [5, 5.41) is 9.85. The summed E-state index contributed by atoms with van der Waals surface area (Å²) in [6.07, 6.45) is 5.83. The van der Waals surface area contributed by atoms with Crippen LogP contribution in [0.3, 0.4) is 0 Å². The Morgan fingerprint density at radius 2 is 2.05 bits per heavy atom. The van der Waals surface area contributed by atoms with Crippen LogP contribution in [0.1, 0.15) is 75.2 Å². The molecule has 5 heteroatoms. The number of carbonyl (C=O) groups is 1. The first-order chi connectivity index (χ1) is 9.10. The van der Waals surface area contributed by atoms with Crippen molar-refractivity contribution >= 4 is 5.91 Å². The Kier molecular flexibility index (Phi) is 4.56. The number of aromatic amines is 1.